The average Bonchev–Trinajstić information content (AvgIpc) is 2.43. The van der Waals surface area contributed by atoms with Gasteiger partial charge in [0.15, 0.2) is 0 Å². The third-order valence-corrected chi connectivity index (χ3v) is 3.36. The van der Waals surface area contributed by atoms with Gasteiger partial charge in [-0.05, 0) is 49.2 Å². The Hall–Kier alpha value is -1.58. The van der Waals surface area contributed by atoms with Crippen LogP contribution in [0.2, 0.25) is 5.02 Å². The summed E-state index contributed by atoms with van der Waals surface area (Å²) in [5, 5.41) is 4.09. The molecule has 0 radical (unpaired) electrons. The first-order valence-corrected chi connectivity index (χ1v) is 7.52. The molecule has 0 amide bonds. The third-order valence-electron chi connectivity index (χ3n) is 3.01. The van der Waals surface area contributed by atoms with Gasteiger partial charge in [0.25, 0.3) is 0 Å². The highest BCUT2D eigenvalue weighted by Gasteiger charge is 2.04. The van der Waals surface area contributed by atoms with Crippen LogP contribution in [0, 0.1) is 12.8 Å². The van der Waals surface area contributed by atoms with Gasteiger partial charge in [-0.2, -0.15) is 0 Å². The lowest BCUT2D eigenvalue weighted by atomic mass is 10.2. The van der Waals surface area contributed by atoms with Crippen molar-refractivity contribution in [3.8, 4) is 11.5 Å². The molecule has 1 aromatic heterocycles. The Bertz CT molecular complexity index is 582. The number of rotatable bonds is 6. The highest BCUT2D eigenvalue weighted by atomic mass is 35.5. The Labute approximate surface area is 131 Å². The Morgan fingerprint density at radius 3 is 2.57 bits per heavy atom. The van der Waals surface area contributed by atoms with E-state index in [0.717, 1.165) is 30.1 Å². The second-order valence-corrected chi connectivity index (χ2v) is 5.92. The zero-order valence-corrected chi connectivity index (χ0v) is 13.4. The number of aryl methyl sites for hydroxylation is 1. The van der Waals surface area contributed by atoms with Crippen LogP contribution in [-0.4, -0.2) is 11.5 Å². The van der Waals surface area contributed by atoms with E-state index < -0.39 is 0 Å². The average molecular weight is 305 g/mol. The maximum Gasteiger partial charge on any atom is 0.145 e. The van der Waals surface area contributed by atoms with Gasteiger partial charge in [0.05, 0.1) is 6.20 Å². The van der Waals surface area contributed by atoms with Crippen molar-refractivity contribution in [2.75, 3.05) is 6.54 Å². The number of pyridine rings is 1. The van der Waals surface area contributed by atoms with E-state index in [0.29, 0.717) is 16.7 Å². The summed E-state index contributed by atoms with van der Waals surface area (Å²) in [5.74, 6) is 2.06. The van der Waals surface area contributed by atoms with Gasteiger partial charge in [-0.25, -0.2) is 0 Å². The lowest BCUT2D eigenvalue weighted by Gasteiger charge is -2.11. The predicted molar refractivity (Wildman–Crippen MR) is 87.0 cm³/mol. The molecule has 21 heavy (non-hydrogen) atoms. The van der Waals surface area contributed by atoms with Crippen LogP contribution in [0.3, 0.4) is 0 Å². The van der Waals surface area contributed by atoms with E-state index in [1.54, 1.807) is 6.20 Å². The van der Waals surface area contributed by atoms with Crippen LogP contribution in [0.15, 0.2) is 36.5 Å². The smallest absolute Gasteiger partial charge is 0.145 e. The first kappa shape index (κ1) is 15.8. The quantitative estimate of drug-likeness (QED) is 0.848. The molecule has 3 nitrogen and oxygen atoms in total. The van der Waals surface area contributed by atoms with Crippen molar-refractivity contribution in [2.24, 2.45) is 5.92 Å². The standard InChI is InChI=1S/C17H21ClN2O/c1-12(2)9-19-10-14-5-7-15(8-17(14)18)21-16-6-4-13(3)20-11-16/h4-8,11-12,19H,9-10H2,1-3H3. The summed E-state index contributed by atoms with van der Waals surface area (Å²) < 4.78 is 5.74. The summed E-state index contributed by atoms with van der Waals surface area (Å²) in [4.78, 5) is 4.20. The molecule has 4 heteroatoms. The molecule has 1 aromatic carbocycles. The summed E-state index contributed by atoms with van der Waals surface area (Å²) in [6.07, 6.45) is 1.71. The monoisotopic (exact) mass is 304 g/mol. The zero-order valence-electron chi connectivity index (χ0n) is 12.7. The molecule has 0 spiro atoms. The minimum atomic E-state index is 0.625. The predicted octanol–water partition coefficient (Wildman–Crippen LogP) is 4.58. The molecule has 1 N–H and O–H groups in total. The van der Waals surface area contributed by atoms with E-state index in [2.05, 4.69) is 24.1 Å². The first-order chi connectivity index (χ1) is 10.0. The van der Waals surface area contributed by atoms with Crippen LogP contribution in [-0.2, 0) is 6.54 Å². The topological polar surface area (TPSA) is 34.1 Å². The molecule has 0 aliphatic heterocycles. The Balaban J connectivity index is 1.99. The fourth-order valence-corrected chi connectivity index (χ4v) is 2.12. The van der Waals surface area contributed by atoms with E-state index >= 15 is 0 Å². The number of ether oxygens (including phenoxy) is 1. The van der Waals surface area contributed by atoms with Gasteiger partial charge in [-0.3, -0.25) is 4.98 Å². The molecule has 2 aromatic rings. The van der Waals surface area contributed by atoms with Gasteiger partial charge >= 0.3 is 0 Å². The van der Waals surface area contributed by atoms with Gasteiger partial charge < -0.3 is 10.1 Å². The fourth-order valence-electron chi connectivity index (χ4n) is 1.88. The lowest BCUT2D eigenvalue weighted by Crippen LogP contribution is -2.19. The largest absolute Gasteiger partial charge is 0.456 e. The number of benzene rings is 1. The fraction of sp³-hybridized carbons (Fsp3) is 0.353. The molecular formula is C17H21ClN2O. The summed E-state index contributed by atoms with van der Waals surface area (Å²) in [6.45, 7) is 8.05. The van der Waals surface area contributed by atoms with Crippen molar-refractivity contribution in [3.05, 3.63) is 52.8 Å². The van der Waals surface area contributed by atoms with Crippen LogP contribution in [0.1, 0.15) is 25.1 Å². The van der Waals surface area contributed by atoms with Crippen molar-refractivity contribution < 1.29 is 4.74 Å². The van der Waals surface area contributed by atoms with Crippen LogP contribution < -0.4 is 10.1 Å². The van der Waals surface area contributed by atoms with E-state index in [9.17, 15) is 0 Å². The number of aromatic nitrogens is 1. The molecule has 0 aliphatic carbocycles. The van der Waals surface area contributed by atoms with Crippen molar-refractivity contribution in [1.29, 1.82) is 0 Å². The van der Waals surface area contributed by atoms with Crippen LogP contribution in [0.5, 0.6) is 11.5 Å². The number of nitrogens with one attached hydrogen (secondary N) is 1. The third kappa shape index (κ3) is 5.03. The van der Waals surface area contributed by atoms with Crippen molar-refractivity contribution in [3.63, 3.8) is 0 Å². The molecule has 2 rings (SSSR count). The molecule has 0 atom stereocenters. The minimum absolute atomic E-state index is 0.625. The van der Waals surface area contributed by atoms with Crippen LogP contribution >= 0.6 is 11.6 Å². The second kappa shape index (κ2) is 7.43. The first-order valence-electron chi connectivity index (χ1n) is 7.14. The Morgan fingerprint density at radius 2 is 1.95 bits per heavy atom. The van der Waals surface area contributed by atoms with Crippen molar-refractivity contribution >= 4 is 11.6 Å². The molecule has 0 unspecified atom stereocenters. The minimum Gasteiger partial charge on any atom is -0.456 e. The van der Waals surface area contributed by atoms with Crippen molar-refractivity contribution in [1.82, 2.24) is 10.3 Å². The van der Waals surface area contributed by atoms with Gasteiger partial charge in [-0.1, -0.05) is 31.5 Å². The SMILES string of the molecule is Cc1ccc(Oc2ccc(CNCC(C)C)c(Cl)c2)cn1. The summed E-state index contributed by atoms with van der Waals surface area (Å²) in [5.41, 5.74) is 2.04. The van der Waals surface area contributed by atoms with E-state index in [1.165, 1.54) is 0 Å². The van der Waals surface area contributed by atoms with E-state index in [-0.39, 0.29) is 0 Å². The van der Waals surface area contributed by atoms with E-state index in [4.69, 9.17) is 16.3 Å². The molecule has 1 heterocycles. The van der Waals surface area contributed by atoms with E-state index in [1.807, 2.05) is 37.3 Å². The summed E-state index contributed by atoms with van der Waals surface area (Å²) in [6, 6.07) is 9.58. The summed E-state index contributed by atoms with van der Waals surface area (Å²) in [7, 11) is 0. The van der Waals surface area contributed by atoms with Gasteiger partial charge in [0.1, 0.15) is 11.5 Å². The van der Waals surface area contributed by atoms with Crippen LogP contribution in [0.4, 0.5) is 0 Å². The van der Waals surface area contributed by atoms with Gasteiger partial charge in [-0.15, -0.1) is 0 Å². The zero-order chi connectivity index (χ0) is 15.2. The molecule has 0 saturated heterocycles. The maximum absolute atomic E-state index is 6.30. The Morgan fingerprint density at radius 1 is 1.19 bits per heavy atom. The van der Waals surface area contributed by atoms with Crippen molar-refractivity contribution in [2.45, 2.75) is 27.3 Å². The highest BCUT2D eigenvalue weighted by molar-refractivity contribution is 6.31. The maximum atomic E-state index is 6.30. The second-order valence-electron chi connectivity index (χ2n) is 5.52. The Kier molecular flexibility index (Phi) is 5.59. The molecule has 0 bridgehead atoms. The highest BCUT2D eigenvalue weighted by Crippen LogP contribution is 2.26. The normalized spacial score (nSPS) is 10.9. The molecule has 112 valence electrons. The van der Waals surface area contributed by atoms with Gasteiger partial charge in [0, 0.05) is 17.3 Å². The summed E-state index contributed by atoms with van der Waals surface area (Å²) >= 11 is 6.30. The van der Waals surface area contributed by atoms with Gasteiger partial charge in [0.2, 0.25) is 0 Å². The van der Waals surface area contributed by atoms with Crippen LogP contribution in [0.25, 0.3) is 0 Å². The lowest BCUT2D eigenvalue weighted by molar-refractivity contribution is 0.479. The number of halogens is 1. The number of hydrogen-bond donors (Lipinski definition) is 1. The molecule has 0 aliphatic rings. The molecule has 0 saturated carbocycles. The number of hydrogen-bond acceptors (Lipinski definition) is 3. The number of nitrogens with zero attached hydrogens (tertiary/aromatic N) is 1. The molecular weight excluding hydrogens is 284 g/mol. The molecule has 0 fully saturated rings.